The molecule has 1 aliphatic heterocycles. The lowest BCUT2D eigenvalue weighted by molar-refractivity contribution is 0.327. The number of halogens is 1. The summed E-state index contributed by atoms with van der Waals surface area (Å²) in [6.07, 6.45) is 0.926. The monoisotopic (exact) mass is 286 g/mol. The average molecular weight is 286 g/mol. The predicted molar refractivity (Wildman–Crippen MR) is 71.9 cm³/mol. The van der Waals surface area contributed by atoms with E-state index in [2.05, 4.69) is 10.0 Å². The number of benzene rings is 1. The summed E-state index contributed by atoms with van der Waals surface area (Å²) in [5.74, 6) is -0.232. The molecule has 19 heavy (non-hydrogen) atoms. The van der Waals surface area contributed by atoms with Crippen LogP contribution in [0.25, 0.3) is 0 Å². The van der Waals surface area contributed by atoms with Crippen molar-refractivity contribution in [3.63, 3.8) is 0 Å². The molecule has 0 spiro atoms. The van der Waals surface area contributed by atoms with E-state index in [1.807, 2.05) is 6.92 Å². The van der Waals surface area contributed by atoms with Gasteiger partial charge in [0.05, 0.1) is 4.90 Å². The van der Waals surface area contributed by atoms with Crippen molar-refractivity contribution < 1.29 is 12.8 Å². The standard InChI is InChI=1S/C13H19FN2O2S/c1-9-3-4-11(7-12(9)14)19(17,18)16-13-8-15-6-5-10(13)2/h3-4,7,10,13,15-16H,5-6,8H2,1-2H3. The minimum Gasteiger partial charge on any atom is -0.315 e. The Balaban J connectivity index is 2.19. The lowest BCUT2D eigenvalue weighted by Gasteiger charge is -2.29. The van der Waals surface area contributed by atoms with Gasteiger partial charge >= 0.3 is 0 Å². The smallest absolute Gasteiger partial charge is 0.240 e. The molecule has 0 amide bonds. The number of aryl methyl sites for hydroxylation is 1. The molecule has 1 heterocycles. The van der Waals surface area contributed by atoms with Gasteiger partial charge in [-0.25, -0.2) is 17.5 Å². The van der Waals surface area contributed by atoms with Crippen molar-refractivity contribution in [3.8, 4) is 0 Å². The first-order chi connectivity index (χ1) is 8.90. The van der Waals surface area contributed by atoms with Crippen LogP contribution in [0.2, 0.25) is 0 Å². The summed E-state index contributed by atoms with van der Waals surface area (Å²) in [6.45, 7) is 5.13. The van der Waals surface area contributed by atoms with Crippen LogP contribution in [-0.4, -0.2) is 27.5 Å². The van der Waals surface area contributed by atoms with E-state index in [4.69, 9.17) is 0 Å². The highest BCUT2D eigenvalue weighted by molar-refractivity contribution is 7.89. The van der Waals surface area contributed by atoms with Crippen LogP contribution >= 0.6 is 0 Å². The Bertz CT molecular complexity index is 560. The fourth-order valence-corrected chi connectivity index (χ4v) is 3.51. The second-order valence-electron chi connectivity index (χ2n) is 5.11. The van der Waals surface area contributed by atoms with Crippen molar-refractivity contribution in [2.75, 3.05) is 13.1 Å². The number of hydrogen-bond acceptors (Lipinski definition) is 3. The van der Waals surface area contributed by atoms with Crippen molar-refractivity contribution >= 4 is 10.0 Å². The number of hydrogen-bond donors (Lipinski definition) is 2. The molecule has 1 saturated heterocycles. The van der Waals surface area contributed by atoms with E-state index in [-0.39, 0.29) is 16.9 Å². The molecular weight excluding hydrogens is 267 g/mol. The first-order valence-corrected chi connectivity index (χ1v) is 7.87. The lowest BCUT2D eigenvalue weighted by Crippen LogP contribution is -2.50. The van der Waals surface area contributed by atoms with Crippen molar-refractivity contribution in [3.05, 3.63) is 29.6 Å². The quantitative estimate of drug-likeness (QED) is 0.883. The molecule has 0 saturated carbocycles. The molecule has 2 unspecified atom stereocenters. The SMILES string of the molecule is Cc1ccc(S(=O)(=O)NC2CNCCC2C)cc1F. The number of piperidine rings is 1. The Morgan fingerprint density at radius 3 is 2.79 bits per heavy atom. The van der Waals surface area contributed by atoms with E-state index in [9.17, 15) is 12.8 Å². The Labute approximate surface area is 113 Å². The van der Waals surface area contributed by atoms with Gasteiger partial charge < -0.3 is 5.32 Å². The van der Waals surface area contributed by atoms with Gasteiger partial charge in [0.2, 0.25) is 10.0 Å². The first kappa shape index (κ1) is 14.4. The summed E-state index contributed by atoms with van der Waals surface area (Å²) in [7, 11) is -3.66. The maximum absolute atomic E-state index is 13.5. The highest BCUT2D eigenvalue weighted by Crippen LogP contribution is 2.17. The van der Waals surface area contributed by atoms with Gasteiger partial charge in [0.15, 0.2) is 0 Å². The summed E-state index contributed by atoms with van der Waals surface area (Å²) in [5.41, 5.74) is 0.437. The summed E-state index contributed by atoms with van der Waals surface area (Å²) in [6, 6.07) is 3.83. The summed E-state index contributed by atoms with van der Waals surface area (Å²) < 4.78 is 40.5. The minimum atomic E-state index is -3.66. The summed E-state index contributed by atoms with van der Waals surface area (Å²) >= 11 is 0. The fourth-order valence-electron chi connectivity index (χ4n) is 2.16. The Morgan fingerprint density at radius 2 is 2.16 bits per heavy atom. The van der Waals surface area contributed by atoms with Crippen LogP contribution in [0, 0.1) is 18.7 Å². The molecule has 0 bridgehead atoms. The molecule has 2 N–H and O–H groups in total. The predicted octanol–water partition coefficient (Wildman–Crippen LogP) is 1.41. The van der Waals surface area contributed by atoms with Crippen LogP contribution in [0.5, 0.6) is 0 Å². The molecule has 4 nitrogen and oxygen atoms in total. The number of rotatable bonds is 3. The number of nitrogens with one attached hydrogen (secondary N) is 2. The zero-order valence-corrected chi connectivity index (χ0v) is 11.9. The molecule has 0 radical (unpaired) electrons. The lowest BCUT2D eigenvalue weighted by atomic mass is 9.96. The molecule has 1 aliphatic rings. The maximum atomic E-state index is 13.5. The Hall–Kier alpha value is -0.980. The van der Waals surface area contributed by atoms with E-state index in [1.165, 1.54) is 12.1 Å². The van der Waals surface area contributed by atoms with Gasteiger partial charge in [-0.1, -0.05) is 13.0 Å². The van der Waals surface area contributed by atoms with Crippen molar-refractivity contribution in [1.29, 1.82) is 0 Å². The van der Waals surface area contributed by atoms with E-state index in [0.717, 1.165) is 19.0 Å². The van der Waals surface area contributed by atoms with Crippen LogP contribution in [0.4, 0.5) is 4.39 Å². The van der Waals surface area contributed by atoms with Crippen LogP contribution < -0.4 is 10.0 Å². The summed E-state index contributed by atoms with van der Waals surface area (Å²) in [5, 5.41) is 3.16. The van der Waals surface area contributed by atoms with Crippen LogP contribution in [-0.2, 0) is 10.0 Å². The normalized spacial score (nSPS) is 24.4. The second-order valence-corrected chi connectivity index (χ2v) is 6.82. The Morgan fingerprint density at radius 1 is 1.42 bits per heavy atom. The molecular formula is C13H19FN2O2S. The van der Waals surface area contributed by atoms with Crippen LogP contribution in [0.3, 0.4) is 0 Å². The highest BCUT2D eigenvalue weighted by atomic mass is 32.2. The van der Waals surface area contributed by atoms with Gasteiger partial charge in [-0.2, -0.15) is 0 Å². The minimum absolute atomic E-state index is 0.0200. The van der Waals surface area contributed by atoms with Gasteiger partial charge in [0.25, 0.3) is 0 Å². The third-order valence-corrected chi connectivity index (χ3v) is 5.08. The average Bonchev–Trinajstić information content (AvgIpc) is 2.35. The van der Waals surface area contributed by atoms with Crippen molar-refractivity contribution in [2.24, 2.45) is 5.92 Å². The van der Waals surface area contributed by atoms with Gasteiger partial charge in [-0.05, 0) is 43.5 Å². The van der Waals surface area contributed by atoms with Crippen molar-refractivity contribution in [2.45, 2.75) is 31.2 Å². The van der Waals surface area contributed by atoms with E-state index >= 15 is 0 Å². The molecule has 1 aromatic carbocycles. The maximum Gasteiger partial charge on any atom is 0.240 e. The number of sulfonamides is 1. The van der Waals surface area contributed by atoms with Crippen molar-refractivity contribution in [1.82, 2.24) is 10.0 Å². The van der Waals surface area contributed by atoms with Gasteiger partial charge in [-0.15, -0.1) is 0 Å². The van der Waals surface area contributed by atoms with Gasteiger partial charge in [0.1, 0.15) is 5.82 Å². The third kappa shape index (κ3) is 3.32. The fraction of sp³-hybridized carbons (Fsp3) is 0.538. The molecule has 0 aliphatic carbocycles. The second kappa shape index (κ2) is 5.56. The van der Waals surface area contributed by atoms with Crippen LogP contribution in [0.1, 0.15) is 18.9 Å². The third-order valence-electron chi connectivity index (χ3n) is 3.59. The molecule has 0 aromatic heterocycles. The molecule has 1 fully saturated rings. The first-order valence-electron chi connectivity index (χ1n) is 6.39. The van der Waals surface area contributed by atoms with E-state index in [1.54, 1.807) is 6.92 Å². The Kier molecular flexibility index (Phi) is 4.23. The van der Waals surface area contributed by atoms with Crippen LogP contribution in [0.15, 0.2) is 23.1 Å². The molecule has 6 heteroatoms. The zero-order chi connectivity index (χ0) is 14.0. The highest BCUT2D eigenvalue weighted by Gasteiger charge is 2.26. The van der Waals surface area contributed by atoms with Gasteiger partial charge in [0, 0.05) is 12.6 Å². The van der Waals surface area contributed by atoms with E-state index in [0.29, 0.717) is 12.1 Å². The molecule has 106 valence electrons. The zero-order valence-electron chi connectivity index (χ0n) is 11.1. The molecule has 1 aromatic rings. The van der Waals surface area contributed by atoms with Gasteiger partial charge in [-0.3, -0.25) is 0 Å². The van der Waals surface area contributed by atoms with E-state index < -0.39 is 15.8 Å². The largest absolute Gasteiger partial charge is 0.315 e. The molecule has 2 atom stereocenters. The topological polar surface area (TPSA) is 58.2 Å². The molecule has 2 rings (SSSR count). The summed E-state index contributed by atoms with van der Waals surface area (Å²) in [4.78, 5) is -0.0200.